The van der Waals surface area contributed by atoms with Crippen molar-refractivity contribution in [1.29, 1.82) is 0 Å². The summed E-state index contributed by atoms with van der Waals surface area (Å²) in [6.45, 7) is 11.1. The Morgan fingerprint density at radius 3 is 1.83 bits per heavy atom. The van der Waals surface area contributed by atoms with Gasteiger partial charge in [-0.25, -0.2) is 0 Å². The summed E-state index contributed by atoms with van der Waals surface area (Å²) in [5.74, 6) is 0. The Kier molecular flexibility index (Phi) is 5.39. The van der Waals surface area contributed by atoms with E-state index in [9.17, 15) is 0 Å². The summed E-state index contributed by atoms with van der Waals surface area (Å²) in [6, 6.07) is 0. The Bertz CT molecular complexity index is 148. The molecule has 1 nitrogen and oxygen atoms in total. The molecular formula is C11H19N. The Labute approximate surface area is 75.7 Å². The standard InChI is InChI=1S/C11H19N/c1-4-7-10-11(12,8-5-2)9-6-3/h4-6H,1-3,7-10,12H2. The molecule has 0 aromatic heterocycles. The van der Waals surface area contributed by atoms with Crippen LogP contribution in [0.5, 0.6) is 0 Å². The number of nitrogens with two attached hydrogens (primary N) is 1. The molecule has 0 unspecified atom stereocenters. The number of rotatable bonds is 7. The maximum Gasteiger partial charge on any atom is 0.0226 e. The predicted octanol–water partition coefficient (Wildman–Crippen LogP) is 2.80. The zero-order valence-electron chi connectivity index (χ0n) is 7.76. The molecule has 0 atom stereocenters. The molecule has 0 bridgehead atoms. The van der Waals surface area contributed by atoms with Gasteiger partial charge >= 0.3 is 0 Å². The molecule has 0 aliphatic heterocycles. The second kappa shape index (κ2) is 5.78. The van der Waals surface area contributed by atoms with Crippen LogP contribution in [0, 0.1) is 0 Å². The lowest BCUT2D eigenvalue weighted by molar-refractivity contribution is 0.405. The first-order valence-electron chi connectivity index (χ1n) is 4.30. The molecule has 0 aromatic carbocycles. The fourth-order valence-corrected chi connectivity index (χ4v) is 1.25. The van der Waals surface area contributed by atoms with E-state index in [-0.39, 0.29) is 5.54 Å². The van der Waals surface area contributed by atoms with Crippen LogP contribution in [0.15, 0.2) is 38.0 Å². The van der Waals surface area contributed by atoms with E-state index < -0.39 is 0 Å². The van der Waals surface area contributed by atoms with E-state index in [2.05, 4.69) is 19.7 Å². The second-order valence-electron chi connectivity index (χ2n) is 3.18. The van der Waals surface area contributed by atoms with Crippen LogP contribution in [0.25, 0.3) is 0 Å². The molecule has 2 N–H and O–H groups in total. The van der Waals surface area contributed by atoms with Crippen LogP contribution in [0.1, 0.15) is 25.7 Å². The molecule has 12 heavy (non-hydrogen) atoms. The summed E-state index contributed by atoms with van der Waals surface area (Å²) in [4.78, 5) is 0. The number of hydrogen-bond acceptors (Lipinski definition) is 1. The van der Waals surface area contributed by atoms with Crippen LogP contribution >= 0.6 is 0 Å². The lowest BCUT2D eigenvalue weighted by atomic mass is 9.87. The van der Waals surface area contributed by atoms with Gasteiger partial charge in [0.05, 0.1) is 0 Å². The molecule has 1 heteroatoms. The molecule has 0 aliphatic carbocycles. The van der Waals surface area contributed by atoms with E-state index in [1.807, 2.05) is 18.2 Å². The molecule has 0 radical (unpaired) electrons. The highest BCUT2D eigenvalue weighted by molar-refractivity contribution is 4.96. The van der Waals surface area contributed by atoms with Crippen molar-refractivity contribution in [1.82, 2.24) is 0 Å². The van der Waals surface area contributed by atoms with Gasteiger partial charge in [-0.05, 0) is 25.7 Å². The minimum absolute atomic E-state index is 0.155. The summed E-state index contributed by atoms with van der Waals surface area (Å²) in [5, 5.41) is 0. The fourth-order valence-electron chi connectivity index (χ4n) is 1.25. The van der Waals surface area contributed by atoms with Crippen molar-refractivity contribution in [2.45, 2.75) is 31.2 Å². The largest absolute Gasteiger partial charge is 0.325 e. The van der Waals surface area contributed by atoms with Gasteiger partial charge in [0.1, 0.15) is 0 Å². The Morgan fingerprint density at radius 1 is 1.00 bits per heavy atom. The van der Waals surface area contributed by atoms with Crippen molar-refractivity contribution < 1.29 is 0 Å². The summed E-state index contributed by atoms with van der Waals surface area (Å²) in [5.41, 5.74) is 5.96. The van der Waals surface area contributed by atoms with E-state index in [1.54, 1.807) is 0 Å². The third-order valence-electron chi connectivity index (χ3n) is 1.95. The average molecular weight is 165 g/mol. The van der Waals surface area contributed by atoms with Gasteiger partial charge in [0, 0.05) is 5.54 Å². The van der Waals surface area contributed by atoms with E-state index >= 15 is 0 Å². The number of allylic oxidation sites excluding steroid dienone is 1. The maximum atomic E-state index is 6.11. The minimum atomic E-state index is -0.155. The Hall–Kier alpha value is -0.820. The predicted molar refractivity (Wildman–Crippen MR) is 56.0 cm³/mol. The highest BCUT2D eigenvalue weighted by atomic mass is 14.7. The first-order chi connectivity index (χ1) is 5.68. The van der Waals surface area contributed by atoms with Crippen LogP contribution in [-0.2, 0) is 0 Å². The van der Waals surface area contributed by atoms with Crippen LogP contribution in [0.3, 0.4) is 0 Å². The Morgan fingerprint density at radius 2 is 1.50 bits per heavy atom. The maximum absolute atomic E-state index is 6.11. The highest BCUT2D eigenvalue weighted by Gasteiger charge is 2.19. The molecule has 0 saturated carbocycles. The van der Waals surface area contributed by atoms with Crippen molar-refractivity contribution in [2.24, 2.45) is 5.73 Å². The smallest absolute Gasteiger partial charge is 0.0226 e. The zero-order valence-corrected chi connectivity index (χ0v) is 7.76. The first kappa shape index (κ1) is 11.2. The third-order valence-corrected chi connectivity index (χ3v) is 1.95. The fraction of sp³-hybridized carbons (Fsp3) is 0.455. The van der Waals surface area contributed by atoms with Gasteiger partial charge in [0.25, 0.3) is 0 Å². The van der Waals surface area contributed by atoms with E-state index in [1.165, 1.54) is 0 Å². The zero-order chi connectivity index (χ0) is 9.45. The summed E-state index contributed by atoms with van der Waals surface area (Å²) < 4.78 is 0. The molecule has 68 valence electrons. The van der Waals surface area contributed by atoms with Crippen molar-refractivity contribution in [3.8, 4) is 0 Å². The SMILES string of the molecule is C=CCCC(N)(CC=C)CC=C. The third kappa shape index (κ3) is 4.14. The van der Waals surface area contributed by atoms with Crippen LogP contribution < -0.4 is 5.73 Å². The summed E-state index contributed by atoms with van der Waals surface area (Å²) in [6.07, 6.45) is 9.22. The van der Waals surface area contributed by atoms with Gasteiger partial charge in [0.2, 0.25) is 0 Å². The van der Waals surface area contributed by atoms with Crippen molar-refractivity contribution >= 4 is 0 Å². The average Bonchev–Trinajstić information content (AvgIpc) is 2.02. The van der Waals surface area contributed by atoms with Gasteiger partial charge in [0.15, 0.2) is 0 Å². The van der Waals surface area contributed by atoms with Gasteiger partial charge in [-0.2, -0.15) is 0 Å². The van der Waals surface area contributed by atoms with Gasteiger partial charge < -0.3 is 5.73 Å². The van der Waals surface area contributed by atoms with E-state index in [0.717, 1.165) is 25.7 Å². The number of hydrogen-bond donors (Lipinski definition) is 1. The minimum Gasteiger partial charge on any atom is -0.325 e. The second-order valence-corrected chi connectivity index (χ2v) is 3.18. The molecule has 0 heterocycles. The topological polar surface area (TPSA) is 26.0 Å². The van der Waals surface area contributed by atoms with Gasteiger partial charge in [-0.1, -0.05) is 18.2 Å². The van der Waals surface area contributed by atoms with Crippen molar-refractivity contribution in [3.63, 3.8) is 0 Å². The normalized spacial score (nSPS) is 10.8. The van der Waals surface area contributed by atoms with Gasteiger partial charge in [-0.3, -0.25) is 0 Å². The van der Waals surface area contributed by atoms with E-state index in [0.29, 0.717) is 0 Å². The monoisotopic (exact) mass is 165 g/mol. The molecule has 0 rings (SSSR count). The Balaban J connectivity index is 4.04. The highest BCUT2D eigenvalue weighted by Crippen LogP contribution is 2.19. The van der Waals surface area contributed by atoms with E-state index in [4.69, 9.17) is 5.73 Å². The van der Waals surface area contributed by atoms with Crippen LogP contribution in [0.4, 0.5) is 0 Å². The molecule has 0 aliphatic rings. The van der Waals surface area contributed by atoms with Crippen molar-refractivity contribution in [3.05, 3.63) is 38.0 Å². The summed E-state index contributed by atoms with van der Waals surface area (Å²) in [7, 11) is 0. The molecule has 0 spiro atoms. The molecule has 0 aromatic rings. The lowest BCUT2D eigenvalue weighted by Gasteiger charge is -2.26. The molecule has 0 amide bonds. The summed E-state index contributed by atoms with van der Waals surface area (Å²) >= 11 is 0. The van der Waals surface area contributed by atoms with Crippen molar-refractivity contribution in [2.75, 3.05) is 0 Å². The quantitative estimate of drug-likeness (QED) is 0.577. The first-order valence-corrected chi connectivity index (χ1v) is 4.30. The molecular weight excluding hydrogens is 146 g/mol. The lowest BCUT2D eigenvalue weighted by Crippen LogP contribution is -2.38. The van der Waals surface area contributed by atoms with Gasteiger partial charge in [-0.15, -0.1) is 19.7 Å². The molecule has 0 saturated heterocycles. The molecule has 0 fully saturated rings. The van der Waals surface area contributed by atoms with Crippen LogP contribution in [0.2, 0.25) is 0 Å². The van der Waals surface area contributed by atoms with Crippen LogP contribution in [-0.4, -0.2) is 5.54 Å².